The Labute approximate surface area is 141 Å². The maximum atomic E-state index is 12.3. The summed E-state index contributed by atoms with van der Waals surface area (Å²) < 4.78 is 6.46. The third kappa shape index (κ3) is 3.48. The van der Waals surface area contributed by atoms with Crippen molar-refractivity contribution in [3.63, 3.8) is 0 Å². The van der Waals surface area contributed by atoms with Gasteiger partial charge in [0.15, 0.2) is 0 Å². The standard InChI is InChI=1S/C17H14BrN3O2/c1-10-3-8-14(11(2)9-10)15(22)19-17-21-20-16(23-17)12-4-6-13(18)7-5-12/h3-9H,1-2H3,(H,19,21,22). The van der Waals surface area contributed by atoms with E-state index in [2.05, 4.69) is 31.4 Å². The van der Waals surface area contributed by atoms with Gasteiger partial charge in [-0.15, -0.1) is 5.10 Å². The zero-order chi connectivity index (χ0) is 16.4. The highest BCUT2D eigenvalue weighted by Gasteiger charge is 2.14. The van der Waals surface area contributed by atoms with E-state index in [4.69, 9.17) is 4.42 Å². The van der Waals surface area contributed by atoms with Crippen molar-refractivity contribution >= 4 is 27.9 Å². The molecule has 3 rings (SSSR count). The van der Waals surface area contributed by atoms with Crippen LogP contribution in [0.1, 0.15) is 21.5 Å². The third-order valence-electron chi connectivity index (χ3n) is 3.36. The lowest BCUT2D eigenvalue weighted by atomic mass is 10.1. The lowest BCUT2D eigenvalue weighted by molar-refractivity contribution is 0.102. The number of anilines is 1. The smallest absolute Gasteiger partial charge is 0.322 e. The molecule has 1 heterocycles. The average Bonchev–Trinajstić information content (AvgIpc) is 2.96. The lowest BCUT2D eigenvalue weighted by Gasteiger charge is -2.05. The SMILES string of the molecule is Cc1ccc(C(=O)Nc2nnc(-c3ccc(Br)cc3)o2)c(C)c1. The van der Waals surface area contributed by atoms with Gasteiger partial charge in [-0.25, -0.2) is 0 Å². The van der Waals surface area contributed by atoms with Crippen LogP contribution in [0.15, 0.2) is 51.4 Å². The number of rotatable bonds is 3. The fourth-order valence-corrected chi connectivity index (χ4v) is 2.48. The van der Waals surface area contributed by atoms with Gasteiger partial charge in [0.25, 0.3) is 5.91 Å². The molecule has 0 spiro atoms. The van der Waals surface area contributed by atoms with Crippen LogP contribution in [0.4, 0.5) is 6.01 Å². The van der Waals surface area contributed by atoms with Gasteiger partial charge >= 0.3 is 6.01 Å². The first-order chi connectivity index (χ1) is 11.0. The molecule has 1 aromatic heterocycles. The van der Waals surface area contributed by atoms with Crippen molar-refractivity contribution in [2.24, 2.45) is 0 Å². The molecular formula is C17H14BrN3O2. The van der Waals surface area contributed by atoms with Crippen molar-refractivity contribution in [3.8, 4) is 11.5 Å². The van der Waals surface area contributed by atoms with E-state index in [0.29, 0.717) is 11.5 Å². The van der Waals surface area contributed by atoms with E-state index in [9.17, 15) is 4.79 Å². The first-order valence-electron chi connectivity index (χ1n) is 7.01. The molecule has 0 saturated carbocycles. The predicted octanol–water partition coefficient (Wildman–Crippen LogP) is 4.37. The van der Waals surface area contributed by atoms with Crippen LogP contribution in [-0.2, 0) is 0 Å². The first-order valence-corrected chi connectivity index (χ1v) is 7.80. The normalized spacial score (nSPS) is 10.6. The highest BCUT2D eigenvalue weighted by Crippen LogP contribution is 2.22. The summed E-state index contributed by atoms with van der Waals surface area (Å²) in [5.41, 5.74) is 3.37. The van der Waals surface area contributed by atoms with Gasteiger partial charge in [-0.3, -0.25) is 10.1 Å². The third-order valence-corrected chi connectivity index (χ3v) is 3.89. The van der Waals surface area contributed by atoms with Gasteiger partial charge in [-0.1, -0.05) is 38.7 Å². The Morgan fingerprint density at radius 3 is 2.52 bits per heavy atom. The number of hydrogen-bond donors (Lipinski definition) is 1. The molecular weight excluding hydrogens is 358 g/mol. The summed E-state index contributed by atoms with van der Waals surface area (Å²) in [6.45, 7) is 3.88. The number of carbonyl (C=O) groups is 1. The van der Waals surface area contributed by atoms with Gasteiger partial charge in [0, 0.05) is 15.6 Å². The summed E-state index contributed by atoms with van der Waals surface area (Å²) in [5.74, 6) is 0.0851. The molecule has 0 radical (unpaired) electrons. The van der Waals surface area contributed by atoms with E-state index in [1.54, 1.807) is 6.07 Å². The van der Waals surface area contributed by atoms with Crippen LogP contribution < -0.4 is 5.32 Å². The van der Waals surface area contributed by atoms with Crippen LogP contribution in [0.25, 0.3) is 11.5 Å². The molecule has 0 saturated heterocycles. The van der Waals surface area contributed by atoms with Gasteiger partial charge in [-0.05, 0) is 49.7 Å². The minimum absolute atomic E-state index is 0.0768. The summed E-state index contributed by atoms with van der Waals surface area (Å²) in [5, 5.41) is 10.5. The number of aryl methyl sites for hydroxylation is 2. The van der Waals surface area contributed by atoms with Crippen LogP contribution >= 0.6 is 15.9 Å². The Bertz CT molecular complexity index is 857. The molecule has 116 valence electrons. The minimum atomic E-state index is -0.270. The van der Waals surface area contributed by atoms with Crippen molar-refractivity contribution in [1.82, 2.24) is 10.2 Å². The predicted molar refractivity (Wildman–Crippen MR) is 91.3 cm³/mol. The topological polar surface area (TPSA) is 68.0 Å². The maximum Gasteiger partial charge on any atom is 0.322 e. The molecule has 0 atom stereocenters. The molecule has 3 aromatic rings. The summed E-state index contributed by atoms with van der Waals surface area (Å²) in [6, 6.07) is 13.2. The molecule has 23 heavy (non-hydrogen) atoms. The van der Waals surface area contributed by atoms with Crippen molar-refractivity contribution in [2.45, 2.75) is 13.8 Å². The molecule has 2 aromatic carbocycles. The Kier molecular flexibility index (Phi) is 4.25. The Morgan fingerprint density at radius 1 is 1.09 bits per heavy atom. The number of nitrogens with one attached hydrogen (secondary N) is 1. The van der Waals surface area contributed by atoms with E-state index in [-0.39, 0.29) is 11.9 Å². The van der Waals surface area contributed by atoms with E-state index >= 15 is 0 Å². The Hall–Kier alpha value is -2.47. The number of hydrogen-bond acceptors (Lipinski definition) is 4. The van der Waals surface area contributed by atoms with Gasteiger partial charge in [0.1, 0.15) is 0 Å². The molecule has 0 aliphatic heterocycles. The second-order valence-electron chi connectivity index (χ2n) is 5.19. The zero-order valence-electron chi connectivity index (χ0n) is 12.6. The second-order valence-corrected chi connectivity index (χ2v) is 6.11. The number of amides is 1. The van der Waals surface area contributed by atoms with Gasteiger partial charge < -0.3 is 4.42 Å². The monoisotopic (exact) mass is 371 g/mol. The molecule has 0 fully saturated rings. The van der Waals surface area contributed by atoms with Crippen LogP contribution in [0, 0.1) is 13.8 Å². The summed E-state index contributed by atoms with van der Waals surface area (Å²) in [7, 11) is 0. The quantitative estimate of drug-likeness (QED) is 0.742. The van der Waals surface area contributed by atoms with Crippen LogP contribution in [0.5, 0.6) is 0 Å². The van der Waals surface area contributed by atoms with Crippen molar-refractivity contribution in [1.29, 1.82) is 0 Å². The number of halogens is 1. The highest BCUT2D eigenvalue weighted by atomic mass is 79.9. The molecule has 0 aliphatic rings. The van der Waals surface area contributed by atoms with Crippen molar-refractivity contribution < 1.29 is 9.21 Å². The molecule has 0 aliphatic carbocycles. The van der Waals surface area contributed by atoms with E-state index in [1.165, 1.54) is 0 Å². The zero-order valence-corrected chi connectivity index (χ0v) is 14.2. The van der Waals surface area contributed by atoms with Gasteiger partial charge in [-0.2, -0.15) is 0 Å². The Balaban J connectivity index is 1.78. The number of aromatic nitrogens is 2. The van der Waals surface area contributed by atoms with Gasteiger partial charge in [0.2, 0.25) is 5.89 Å². The highest BCUT2D eigenvalue weighted by molar-refractivity contribution is 9.10. The largest absolute Gasteiger partial charge is 0.403 e. The number of nitrogens with zero attached hydrogens (tertiary/aromatic N) is 2. The fraction of sp³-hybridized carbons (Fsp3) is 0.118. The lowest BCUT2D eigenvalue weighted by Crippen LogP contribution is -2.13. The van der Waals surface area contributed by atoms with Crippen LogP contribution in [0.3, 0.4) is 0 Å². The maximum absolute atomic E-state index is 12.3. The molecule has 5 nitrogen and oxygen atoms in total. The summed E-state index contributed by atoms with van der Waals surface area (Å²) >= 11 is 3.37. The molecule has 6 heteroatoms. The van der Waals surface area contributed by atoms with Crippen molar-refractivity contribution in [3.05, 3.63) is 63.6 Å². The van der Waals surface area contributed by atoms with Crippen LogP contribution in [0.2, 0.25) is 0 Å². The first kappa shape index (κ1) is 15.4. The van der Waals surface area contributed by atoms with Crippen molar-refractivity contribution in [2.75, 3.05) is 5.32 Å². The minimum Gasteiger partial charge on any atom is -0.403 e. The molecule has 0 unspecified atom stereocenters. The average molecular weight is 372 g/mol. The fourth-order valence-electron chi connectivity index (χ4n) is 2.22. The molecule has 0 bridgehead atoms. The summed E-state index contributed by atoms with van der Waals surface area (Å²) in [4.78, 5) is 12.3. The summed E-state index contributed by atoms with van der Waals surface area (Å²) in [6.07, 6.45) is 0. The Morgan fingerprint density at radius 2 is 1.83 bits per heavy atom. The number of carbonyl (C=O) groups excluding carboxylic acids is 1. The second kappa shape index (κ2) is 6.34. The molecule has 1 amide bonds. The van der Waals surface area contributed by atoms with Gasteiger partial charge in [0.05, 0.1) is 0 Å². The number of benzene rings is 2. The van der Waals surface area contributed by atoms with E-state index in [0.717, 1.165) is 21.2 Å². The van der Waals surface area contributed by atoms with E-state index < -0.39 is 0 Å². The molecule has 1 N–H and O–H groups in total. The van der Waals surface area contributed by atoms with E-state index in [1.807, 2.05) is 50.2 Å². The van der Waals surface area contributed by atoms with Crippen LogP contribution in [-0.4, -0.2) is 16.1 Å².